The molecular weight excluding hydrogens is 240 g/mol. The molecular formula is C20H22. The Balaban J connectivity index is 2.17. The van der Waals surface area contributed by atoms with Crippen LogP contribution in [-0.4, -0.2) is 0 Å². The summed E-state index contributed by atoms with van der Waals surface area (Å²) in [5.41, 5.74) is 8.79. The normalized spacial score (nSPS) is 18.4. The largest absolute Gasteiger partial charge is 0.0842 e. The lowest BCUT2D eigenvalue weighted by Gasteiger charge is -2.22. The van der Waals surface area contributed by atoms with Crippen LogP contribution in [0.4, 0.5) is 0 Å². The van der Waals surface area contributed by atoms with Gasteiger partial charge in [-0.25, -0.2) is 0 Å². The molecule has 2 aliphatic carbocycles. The highest BCUT2D eigenvalue weighted by atomic mass is 14.2. The maximum Gasteiger partial charge on any atom is -0.0117 e. The predicted molar refractivity (Wildman–Crippen MR) is 88.5 cm³/mol. The van der Waals surface area contributed by atoms with Gasteiger partial charge < -0.3 is 0 Å². The number of benzene rings is 1. The summed E-state index contributed by atoms with van der Waals surface area (Å²) in [6.45, 7) is 4.49. The molecule has 0 bridgehead atoms. The first-order valence-corrected chi connectivity index (χ1v) is 7.59. The van der Waals surface area contributed by atoms with Gasteiger partial charge in [-0.2, -0.15) is 0 Å². The van der Waals surface area contributed by atoms with Gasteiger partial charge in [0.05, 0.1) is 0 Å². The molecule has 0 amide bonds. The van der Waals surface area contributed by atoms with E-state index in [2.05, 4.69) is 62.4 Å². The van der Waals surface area contributed by atoms with Gasteiger partial charge in [-0.3, -0.25) is 0 Å². The van der Waals surface area contributed by atoms with Crippen molar-refractivity contribution in [3.05, 3.63) is 70.8 Å². The van der Waals surface area contributed by atoms with Gasteiger partial charge in [0.25, 0.3) is 0 Å². The highest BCUT2D eigenvalue weighted by Gasteiger charge is 2.16. The van der Waals surface area contributed by atoms with Crippen LogP contribution in [0.5, 0.6) is 0 Å². The minimum atomic E-state index is 1.16. The fourth-order valence-corrected chi connectivity index (χ4v) is 3.27. The highest BCUT2D eigenvalue weighted by molar-refractivity contribution is 5.84. The van der Waals surface area contributed by atoms with Crippen LogP contribution in [0, 0.1) is 6.92 Å². The molecule has 2 aliphatic rings. The summed E-state index contributed by atoms with van der Waals surface area (Å²) in [5.74, 6) is 0. The summed E-state index contributed by atoms with van der Waals surface area (Å²) in [6, 6.07) is 6.74. The molecule has 0 saturated heterocycles. The summed E-state index contributed by atoms with van der Waals surface area (Å²) in [6.07, 6.45) is 16.0. The van der Waals surface area contributed by atoms with E-state index in [9.17, 15) is 0 Å². The topological polar surface area (TPSA) is 0 Å². The third kappa shape index (κ3) is 2.43. The van der Waals surface area contributed by atoms with Gasteiger partial charge in [0.1, 0.15) is 0 Å². The van der Waals surface area contributed by atoms with E-state index in [1.807, 2.05) is 0 Å². The first-order valence-electron chi connectivity index (χ1n) is 7.59. The van der Waals surface area contributed by atoms with E-state index in [-0.39, 0.29) is 0 Å². The van der Waals surface area contributed by atoms with E-state index in [0.29, 0.717) is 0 Å². The first kappa shape index (κ1) is 13.2. The molecule has 0 heterocycles. The van der Waals surface area contributed by atoms with Gasteiger partial charge in [-0.1, -0.05) is 48.6 Å². The Kier molecular flexibility index (Phi) is 3.73. The van der Waals surface area contributed by atoms with Crippen LogP contribution in [0.2, 0.25) is 0 Å². The third-order valence-electron chi connectivity index (χ3n) is 4.34. The van der Waals surface area contributed by atoms with E-state index < -0.39 is 0 Å². The molecule has 20 heavy (non-hydrogen) atoms. The summed E-state index contributed by atoms with van der Waals surface area (Å²) >= 11 is 0. The molecule has 0 spiro atoms. The number of hydrogen-bond donors (Lipinski definition) is 0. The quantitative estimate of drug-likeness (QED) is 0.627. The van der Waals surface area contributed by atoms with Gasteiger partial charge in [-0.05, 0) is 72.9 Å². The predicted octanol–water partition coefficient (Wildman–Crippen LogP) is 5.85. The van der Waals surface area contributed by atoms with Crippen molar-refractivity contribution in [2.45, 2.75) is 39.5 Å². The van der Waals surface area contributed by atoms with E-state index in [4.69, 9.17) is 0 Å². The number of hydrogen-bond acceptors (Lipinski definition) is 0. The molecule has 102 valence electrons. The second-order valence-electron chi connectivity index (χ2n) is 5.76. The van der Waals surface area contributed by atoms with Crippen LogP contribution >= 0.6 is 0 Å². The van der Waals surface area contributed by atoms with Gasteiger partial charge >= 0.3 is 0 Å². The molecule has 0 N–H and O–H groups in total. The zero-order valence-electron chi connectivity index (χ0n) is 12.4. The van der Waals surface area contributed by atoms with Crippen LogP contribution in [0.3, 0.4) is 0 Å². The van der Waals surface area contributed by atoms with E-state index in [1.54, 1.807) is 0 Å². The average molecular weight is 262 g/mol. The molecule has 0 unspecified atom stereocenters. The molecule has 0 saturated carbocycles. The Bertz CT molecular complexity index is 636. The third-order valence-corrected chi connectivity index (χ3v) is 4.34. The number of aryl methyl sites for hydroxylation is 1. The van der Waals surface area contributed by atoms with E-state index in [0.717, 1.165) is 12.8 Å². The van der Waals surface area contributed by atoms with Crippen LogP contribution in [0.15, 0.2) is 54.2 Å². The molecule has 1 aromatic rings. The highest BCUT2D eigenvalue weighted by Crippen LogP contribution is 2.37. The van der Waals surface area contributed by atoms with Crippen molar-refractivity contribution < 1.29 is 0 Å². The smallest absolute Gasteiger partial charge is 0.0117 e. The summed E-state index contributed by atoms with van der Waals surface area (Å²) in [5, 5.41) is 0. The Labute approximate surface area is 122 Å². The van der Waals surface area contributed by atoms with Crippen LogP contribution in [-0.2, 0) is 0 Å². The van der Waals surface area contributed by atoms with Crippen LogP contribution < -0.4 is 0 Å². The Hall–Kier alpha value is -1.82. The molecule has 0 atom stereocenters. The van der Waals surface area contributed by atoms with Crippen molar-refractivity contribution in [1.29, 1.82) is 0 Å². The SMILES string of the molecule is CC1=C(c2c(C)cccc2C2=CC=CCC2)CCC=C1. The maximum absolute atomic E-state index is 2.30. The van der Waals surface area contributed by atoms with Gasteiger partial charge in [0, 0.05) is 0 Å². The minimum absolute atomic E-state index is 1.16. The van der Waals surface area contributed by atoms with Crippen molar-refractivity contribution in [2.75, 3.05) is 0 Å². The monoisotopic (exact) mass is 262 g/mol. The summed E-state index contributed by atoms with van der Waals surface area (Å²) < 4.78 is 0. The second kappa shape index (κ2) is 5.66. The molecule has 0 fully saturated rings. The fraction of sp³-hybridized carbons (Fsp3) is 0.300. The van der Waals surface area contributed by atoms with Crippen molar-refractivity contribution in [3.63, 3.8) is 0 Å². The number of allylic oxidation sites excluding steroid dienone is 8. The molecule has 0 aliphatic heterocycles. The van der Waals surface area contributed by atoms with Gasteiger partial charge in [0.2, 0.25) is 0 Å². The zero-order chi connectivity index (χ0) is 13.9. The molecule has 3 rings (SSSR count). The Morgan fingerprint density at radius 1 is 0.950 bits per heavy atom. The lowest BCUT2D eigenvalue weighted by atomic mass is 9.83. The Morgan fingerprint density at radius 2 is 1.80 bits per heavy atom. The number of rotatable bonds is 2. The second-order valence-corrected chi connectivity index (χ2v) is 5.76. The van der Waals surface area contributed by atoms with Crippen LogP contribution in [0.25, 0.3) is 11.1 Å². The van der Waals surface area contributed by atoms with E-state index in [1.165, 1.54) is 46.3 Å². The molecule has 0 heteroatoms. The lowest BCUT2D eigenvalue weighted by molar-refractivity contribution is 1.02. The molecule has 0 nitrogen and oxygen atoms in total. The molecule has 0 aromatic heterocycles. The molecule has 1 aromatic carbocycles. The first-order chi connectivity index (χ1) is 9.77. The fourth-order valence-electron chi connectivity index (χ4n) is 3.27. The lowest BCUT2D eigenvalue weighted by Crippen LogP contribution is -2.01. The van der Waals surface area contributed by atoms with Gasteiger partial charge in [-0.15, -0.1) is 0 Å². The molecule has 0 radical (unpaired) electrons. The average Bonchev–Trinajstić information content (AvgIpc) is 2.49. The van der Waals surface area contributed by atoms with Crippen molar-refractivity contribution in [1.82, 2.24) is 0 Å². The summed E-state index contributed by atoms with van der Waals surface area (Å²) in [7, 11) is 0. The maximum atomic E-state index is 2.30. The van der Waals surface area contributed by atoms with Crippen molar-refractivity contribution >= 4 is 11.1 Å². The van der Waals surface area contributed by atoms with Crippen LogP contribution in [0.1, 0.15) is 49.3 Å². The summed E-state index contributed by atoms with van der Waals surface area (Å²) in [4.78, 5) is 0. The minimum Gasteiger partial charge on any atom is -0.0842 e. The van der Waals surface area contributed by atoms with Crippen molar-refractivity contribution in [2.24, 2.45) is 0 Å². The van der Waals surface area contributed by atoms with Gasteiger partial charge in [0.15, 0.2) is 0 Å². The van der Waals surface area contributed by atoms with E-state index >= 15 is 0 Å². The zero-order valence-corrected chi connectivity index (χ0v) is 12.4. The van der Waals surface area contributed by atoms with Crippen molar-refractivity contribution in [3.8, 4) is 0 Å². The standard InChI is InChI=1S/C20H22/c1-15-9-6-7-13-18(15)20-16(2)10-8-14-19(20)17-11-4-3-5-12-17/h3-4,6,8-11,14H,5,7,12-13H2,1-2H3. The Morgan fingerprint density at radius 3 is 2.55 bits per heavy atom.